The SMILES string of the molecule is C/C=C/C(F)(CO)COc1cc2c(cc1Cl)-c1cc(=O)c(C(=O)O)cn1C(c1ccccc1)O2. The van der Waals surface area contributed by atoms with Gasteiger partial charge in [-0.15, -0.1) is 0 Å². The maximum absolute atomic E-state index is 14.7. The lowest BCUT2D eigenvalue weighted by molar-refractivity contribution is 0.0636. The molecule has 0 fully saturated rings. The van der Waals surface area contributed by atoms with Crippen LogP contribution in [0.25, 0.3) is 11.3 Å². The van der Waals surface area contributed by atoms with Crippen LogP contribution in [0.5, 0.6) is 11.5 Å². The Labute approximate surface area is 199 Å². The van der Waals surface area contributed by atoms with Crippen molar-refractivity contribution in [1.29, 1.82) is 0 Å². The van der Waals surface area contributed by atoms with Gasteiger partial charge in [0.05, 0.1) is 17.3 Å². The number of ether oxygens (including phenoxy) is 2. The van der Waals surface area contributed by atoms with Crippen molar-refractivity contribution in [3.05, 3.63) is 93.3 Å². The third-order valence-corrected chi connectivity index (χ3v) is 5.69. The minimum atomic E-state index is -2.09. The zero-order chi connectivity index (χ0) is 24.5. The molecule has 2 atom stereocenters. The summed E-state index contributed by atoms with van der Waals surface area (Å²) in [4.78, 5) is 24.1. The highest BCUT2D eigenvalue weighted by Crippen LogP contribution is 2.44. The fourth-order valence-electron chi connectivity index (χ4n) is 3.73. The van der Waals surface area contributed by atoms with Crippen LogP contribution in [0, 0.1) is 0 Å². The molecule has 0 bridgehead atoms. The average Bonchev–Trinajstić information content (AvgIpc) is 2.82. The monoisotopic (exact) mass is 485 g/mol. The summed E-state index contributed by atoms with van der Waals surface area (Å²) in [5, 5.41) is 18.9. The number of aromatic carboxylic acids is 1. The van der Waals surface area contributed by atoms with E-state index in [4.69, 9.17) is 21.1 Å². The first-order valence-corrected chi connectivity index (χ1v) is 10.8. The van der Waals surface area contributed by atoms with Crippen molar-refractivity contribution in [1.82, 2.24) is 4.57 Å². The Morgan fingerprint density at radius 3 is 2.68 bits per heavy atom. The van der Waals surface area contributed by atoms with Gasteiger partial charge in [0.1, 0.15) is 23.7 Å². The normalized spacial score (nSPS) is 16.3. The second-order valence-corrected chi connectivity index (χ2v) is 8.20. The number of benzene rings is 2. The number of alkyl halides is 1. The summed E-state index contributed by atoms with van der Waals surface area (Å²) in [6.07, 6.45) is 3.14. The number of aliphatic hydroxyl groups is 1. The number of aromatic nitrogens is 1. The first kappa shape index (κ1) is 23.5. The molecule has 0 aliphatic carbocycles. The molecule has 1 aliphatic heterocycles. The molecule has 3 aromatic rings. The quantitative estimate of drug-likeness (QED) is 0.479. The molecule has 2 N–H and O–H groups in total. The first-order chi connectivity index (χ1) is 16.3. The van der Waals surface area contributed by atoms with E-state index in [-0.39, 0.29) is 10.8 Å². The van der Waals surface area contributed by atoms with Crippen LogP contribution in [0.15, 0.2) is 71.7 Å². The van der Waals surface area contributed by atoms with E-state index in [1.54, 1.807) is 23.6 Å². The van der Waals surface area contributed by atoms with Gasteiger partial charge in [-0.25, -0.2) is 9.18 Å². The Balaban J connectivity index is 1.82. The number of hydrogen-bond donors (Lipinski definition) is 2. The van der Waals surface area contributed by atoms with Gasteiger partial charge in [-0.05, 0) is 19.1 Å². The topological polar surface area (TPSA) is 98.0 Å². The summed E-state index contributed by atoms with van der Waals surface area (Å²) in [6.45, 7) is 0.379. The van der Waals surface area contributed by atoms with Crippen LogP contribution in [-0.4, -0.2) is 39.6 Å². The Morgan fingerprint density at radius 1 is 1.29 bits per heavy atom. The molecule has 0 saturated carbocycles. The summed E-state index contributed by atoms with van der Waals surface area (Å²) in [6, 6.07) is 13.3. The Hall–Kier alpha value is -3.62. The smallest absolute Gasteiger partial charge is 0.341 e. The summed E-state index contributed by atoms with van der Waals surface area (Å²) in [5.74, 6) is -0.903. The average molecular weight is 486 g/mol. The van der Waals surface area contributed by atoms with E-state index in [0.29, 0.717) is 22.6 Å². The number of halogens is 2. The third-order valence-electron chi connectivity index (χ3n) is 5.39. The van der Waals surface area contributed by atoms with Gasteiger partial charge in [0.25, 0.3) is 0 Å². The molecular weight excluding hydrogens is 465 g/mol. The van der Waals surface area contributed by atoms with Crippen molar-refractivity contribution >= 4 is 17.6 Å². The molecule has 1 aromatic heterocycles. The van der Waals surface area contributed by atoms with Crippen LogP contribution in [-0.2, 0) is 0 Å². The van der Waals surface area contributed by atoms with E-state index in [9.17, 15) is 24.2 Å². The zero-order valence-electron chi connectivity index (χ0n) is 18.1. The first-order valence-electron chi connectivity index (χ1n) is 10.4. The van der Waals surface area contributed by atoms with E-state index in [0.717, 1.165) is 0 Å². The molecule has 0 saturated heterocycles. The molecule has 0 spiro atoms. The van der Waals surface area contributed by atoms with Crippen LogP contribution < -0.4 is 14.9 Å². The number of carboxylic acids is 1. The minimum Gasteiger partial charge on any atom is -0.488 e. The molecule has 0 radical (unpaired) electrons. The minimum absolute atomic E-state index is 0.127. The summed E-state index contributed by atoms with van der Waals surface area (Å²) in [7, 11) is 0. The van der Waals surface area contributed by atoms with Gasteiger partial charge >= 0.3 is 5.97 Å². The van der Waals surface area contributed by atoms with E-state index in [2.05, 4.69) is 0 Å². The molecule has 0 amide bonds. The van der Waals surface area contributed by atoms with Crippen LogP contribution in [0.4, 0.5) is 4.39 Å². The van der Waals surface area contributed by atoms with Gasteiger partial charge < -0.3 is 24.3 Å². The van der Waals surface area contributed by atoms with Crippen molar-refractivity contribution in [3.8, 4) is 22.8 Å². The second-order valence-electron chi connectivity index (χ2n) is 7.79. The number of rotatable bonds is 7. The Bertz CT molecular complexity index is 1320. The molecule has 176 valence electrons. The van der Waals surface area contributed by atoms with Gasteiger partial charge in [-0.2, -0.15) is 0 Å². The molecule has 9 heteroatoms. The number of fused-ring (bicyclic) bond motifs is 3. The zero-order valence-corrected chi connectivity index (χ0v) is 18.8. The summed E-state index contributed by atoms with van der Waals surface area (Å²) in [5.41, 5.74) is -1.58. The number of nitrogens with zero attached hydrogens (tertiary/aromatic N) is 1. The molecule has 1 aliphatic rings. The molecule has 2 unspecified atom stereocenters. The van der Waals surface area contributed by atoms with E-state index < -0.39 is 42.1 Å². The van der Waals surface area contributed by atoms with Crippen molar-refractivity contribution < 1.29 is 28.9 Å². The molecule has 34 heavy (non-hydrogen) atoms. The molecule has 2 aromatic carbocycles. The van der Waals surface area contributed by atoms with Gasteiger partial charge in [0, 0.05) is 29.5 Å². The van der Waals surface area contributed by atoms with E-state index in [1.165, 1.54) is 36.5 Å². The molecule has 4 rings (SSSR count). The van der Waals surface area contributed by atoms with Crippen LogP contribution in [0.3, 0.4) is 0 Å². The summed E-state index contributed by atoms with van der Waals surface area (Å²) >= 11 is 6.39. The predicted octanol–water partition coefficient (Wildman–Crippen LogP) is 4.46. The van der Waals surface area contributed by atoms with Crippen molar-refractivity contribution in [3.63, 3.8) is 0 Å². The van der Waals surface area contributed by atoms with Crippen molar-refractivity contribution in [2.45, 2.75) is 18.8 Å². The van der Waals surface area contributed by atoms with E-state index >= 15 is 0 Å². The van der Waals surface area contributed by atoms with Gasteiger partial charge in [-0.1, -0.05) is 48.0 Å². The maximum atomic E-state index is 14.7. The second kappa shape index (κ2) is 9.32. The standard InChI is InChI=1S/C25H21ClFNO6/c1-2-8-25(27,13-29)14-33-22-11-21-16(9-18(22)26)19-10-20(30)17(24(31)32)12-28(19)23(34-21)15-6-4-3-5-7-15/h2-12,23,29H,13-14H2,1H3,(H,31,32)/b8-2+. The summed E-state index contributed by atoms with van der Waals surface area (Å²) < 4.78 is 28.0. The molecule has 2 heterocycles. The lowest BCUT2D eigenvalue weighted by Gasteiger charge is -2.32. The lowest BCUT2D eigenvalue weighted by atomic mass is 10.0. The highest BCUT2D eigenvalue weighted by Gasteiger charge is 2.31. The van der Waals surface area contributed by atoms with Crippen molar-refractivity contribution in [2.75, 3.05) is 13.2 Å². The van der Waals surface area contributed by atoms with Gasteiger partial charge in [-0.3, -0.25) is 4.79 Å². The highest BCUT2D eigenvalue weighted by molar-refractivity contribution is 6.32. The molecule has 7 nitrogen and oxygen atoms in total. The molecular formula is C25H21ClFNO6. The van der Waals surface area contributed by atoms with Crippen LogP contribution in [0.1, 0.15) is 29.1 Å². The Kier molecular flexibility index (Phi) is 6.45. The number of carbonyl (C=O) groups is 1. The van der Waals surface area contributed by atoms with Gasteiger partial charge in [0.2, 0.25) is 6.23 Å². The van der Waals surface area contributed by atoms with Crippen LogP contribution >= 0.6 is 11.6 Å². The highest BCUT2D eigenvalue weighted by atomic mass is 35.5. The predicted molar refractivity (Wildman–Crippen MR) is 125 cm³/mol. The number of hydrogen-bond acceptors (Lipinski definition) is 5. The third kappa shape index (κ3) is 4.42. The van der Waals surface area contributed by atoms with E-state index in [1.807, 2.05) is 18.2 Å². The van der Waals surface area contributed by atoms with Crippen LogP contribution in [0.2, 0.25) is 5.02 Å². The number of aliphatic hydroxyl groups excluding tert-OH is 1. The maximum Gasteiger partial charge on any atom is 0.341 e. The fraction of sp³-hybridized carbons (Fsp3) is 0.200. The Morgan fingerprint density at radius 2 is 2.03 bits per heavy atom. The van der Waals surface area contributed by atoms with Crippen molar-refractivity contribution in [2.24, 2.45) is 0 Å². The number of pyridine rings is 1. The van der Waals surface area contributed by atoms with Gasteiger partial charge in [0.15, 0.2) is 11.1 Å². The number of allylic oxidation sites excluding steroid dienone is 1. The number of carboxylic acid groups (broad SMARTS) is 1. The fourth-order valence-corrected chi connectivity index (χ4v) is 3.95. The largest absolute Gasteiger partial charge is 0.488 e. The lowest BCUT2D eigenvalue weighted by Crippen LogP contribution is -2.33.